The summed E-state index contributed by atoms with van der Waals surface area (Å²) in [5.41, 5.74) is 1.87. The van der Waals surface area contributed by atoms with Crippen molar-refractivity contribution in [1.82, 2.24) is 10.3 Å². The van der Waals surface area contributed by atoms with E-state index in [0.717, 1.165) is 16.9 Å². The summed E-state index contributed by atoms with van der Waals surface area (Å²) in [6.45, 7) is 5.25. The number of nitrogens with zero attached hydrogens (tertiary/aromatic N) is 1. The highest BCUT2D eigenvalue weighted by Gasteiger charge is 2.19. The maximum absolute atomic E-state index is 12.5. The molecule has 0 aliphatic carbocycles. The molecule has 1 atom stereocenters. The van der Waals surface area contributed by atoms with Gasteiger partial charge in [-0.2, -0.15) is 0 Å². The molecule has 3 aromatic rings. The van der Waals surface area contributed by atoms with Crippen LogP contribution in [0.25, 0.3) is 10.2 Å². The Morgan fingerprint density at radius 1 is 1.19 bits per heavy atom. The molecular weight excluding hydrogens is 440 g/mol. The van der Waals surface area contributed by atoms with Gasteiger partial charge in [-0.25, -0.2) is 23.0 Å². The van der Waals surface area contributed by atoms with Gasteiger partial charge in [0.05, 0.1) is 21.7 Å². The molecule has 2 amide bonds. The van der Waals surface area contributed by atoms with Gasteiger partial charge in [0.1, 0.15) is 6.04 Å². The third kappa shape index (κ3) is 5.50. The lowest BCUT2D eigenvalue weighted by Crippen LogP contribution is -2.41. The first-order chi connectivity index (χ1) is 14.7. The summed E-state index contributed by atoms with van der Waals surface area (Å²) in [5, 5.41) is 5.40. The number of anilines is 2. The topological polar surface area (TPSA) is 126 Å². The van der Waals surface area contributed by atoms with Crippen LogP contribution in [0.3, 0.4) is 0 Å². The second-order valence-electron chi connectivity index (χ2n) is 6.65. The second-order valence-corrected chi connectivity index (χ2v) is 9.36. The van der Waals surface area contributed by atoms with E-state index in [1.54, 1.807) is 37.3 Å². The van der Waals surface area contributed by atoms with E-state index in [-0.39, 0.29) is 16.6 Å². The van der Waals surface area contributed by atoms with Gasteiger partial charge in [0.25, 0.3) is 10.0 Å². The number of amides is 2. The Hall–Kier alpha value is -3.18. The summed E-state index contributed by atoms with van der Waals surface area (Å²) in [7, 11) is -3.76. The fourth-order valence-corrected chi connectivity index (χ4v) is 5.02. The minimum atomic E-state index is -3.76. The molecule has 0 fully saturated rings. The lowest BCUT2D eigenvalue weighted by molar-refractivity contribution is -0.144. The van der Waals surface area contributed by atoms with Crippen LogP contribution in [-0.2, 0) is 19.6 Å². The van der Waals surface area contributed by atoms with E-state index in [4.69, 9.17) is 4.74 Å². The molecule has 31 heavy (non-hydrogen) atoms. The molecule has 0 saturated heterocycles. The van der Waals surface area contributed by atoms with E-state index in [1.807, 2.05) is 6.92 Å². The van der Waals surface area contributed by atoms with Crippen molar-refractivity contribution in [1.29, 1.82) is 0 Å². The predicted octanol–water partition coefficient (Wildman–Crippen LogP) is 3.48. The molecule has 9 nitrogen and oxygen atoms in total. The Morgan fingerprint density at radius 2 is 1.90 bits per heavy atom. The van der Waals surface area contributed by atoms with Crippen LogP contribution in [0.1, 0.15) is 19.4 Å². The number of nitrogens with one attached hydrogen (secondary N) is 3. The number of aryl methyl sites for hydroxylation is 1. The number of urea groups is 1. The van der Waals surface area contributed by atoms with Crippen molar-refractivity contribution in [2.45, 2.75) is 31.7 Å². The third-order valence-electron chi connectivity index (χ3n) is 4.21. The van der Waals surface area contributed by atoms with Gasteiger partial charge in [-0.15, -0.1) is 0 Å². The number of hydrogen-bond donors (Lipinski definition) is 3. The Morgan fingerprint density at radius 3 is 2.58 bits per heavy atom. The maximum atomic E-state index is 12.5. The normalized spacial score (nSPS) is 12.2. The number of esters is 1. The molecule has 0 spiro atoms. The fraction of sp³-hybridized carbons (Fsp3) is 0.250. The molecule has 3 N–H and O–H groups in total. The van der Waals surface area contributed by atoms with Gasteiger partial charge in [-0.05, 0) is 50.6 Å². The van der Waals surface area contributed by atoms with Crippen molar-refractivity contribution in [3.8, 4) is 0 Å². The zero-order valence-electron chi connectivity index (χ0n) is 17.1. The molecule has 1 unspecified atom stereocenters. The molecule has 3 rings (SSSR count). The van der Waals surface area contributed by atoms with Crippen molar-refractivity contribution in [2.24, 2.45) is 0 Å². The molecule has 1 aromatic heterocycles. The number of thiazole rings is 1. The first kappa shape index (κ1) is 22.5. The van der Waals surface area contributed by atoms with E-state index in [1.165, 1.54) is 19.1 Å². The van der Waals surface area contributed by atoms with Crippen molar-refractivity contribution < 1.29 is 22.7 Å². The molecule has 0 saturated carbocycles. The summed E-state index contributed by atoms with van der Waals surface area (Å²) in [6.07, 6.45) is 0. The average molecular weight is 463 g/mol. The Bertz CT molecular complexity index is 1210. The zero-order valence-corrected chi connectivity index (χ0v) is 18.8. The van der Waals surface area contributed by atoms with Crippen molar-refractivity contribution in [3.63, 3.8) is 0 Å². The van der Waals surface area contributed by atoms with Crippen LogP contribution in [0.15, 0.2) is 47.4 Å². The van der Waals surface area contributed by atoms with E-state index in [2.05, 4.69) is 20.3 Å². The Balaban J connectivity index is 1.76. The first-order valence-corrected chi connectivity index (χ1v) is 11.7. The highest BCUT2D eigenvalue weighted by atomic mass is 32.2. The summed E-state index contributed by atoms with van der Waals surface area (Å²) in [5.74, 6) is -0.526. The molecule has 0 aliphatic heterocycles. The van der Waals surface area contributed by atoms with E-state index in [0.29, 0.717) is 15.9 Å². The predicted molar refractivity (Wildman–Crippen MR) is 120 cm³/mol. The molecular formula is C20H22N4O5S2. The van der Waals surface area contributed by atoms with Crippen LogP contribution in [0.2, 0.25) is 0 Å². The quantitative estimate of drug-likeness (QED) is 0.462. The number of carbonyl (C=O) groups is 2. The van der Waals surface area contributed by atoms with Gasteiger partial charge in [-0.3, -0.25) is 4.72 Å². The van der Waals surface area contributed by atoms with Crippen LogP contribution in [0, 0.1) is 6.92 Å². The average Bonchev–Trinajstić information content (AvgIpc) is 3.11. The molecule has 2 aromatic carbocycles. The van der Waals surface area contributed by atoms with Crippen molar-refractivity contribution >= 4 is 54.4 Å². The smallest absolute Gasteiger partial charge is 0.328 e. The number of hydrogen-bond acceptors (Lipinski definition) is 7. The lowest BCUT2D eigenvalue weighted by Gasteiger charge is -2.13. The number of benzene rings is 2. The Kier molecular flexibility index (Phi) is 6.76. The highest BCUT2D eigenvalue weighted by molar-refractivity contribution is 7.93. The van der Waals surface area contributed by atoms with Crippen LogP contribution in [0.5, 0.6) is 0 Å². The van der Waals surface area contributed by atoms with Crippen molar-refractivity contribution in [2.75, 3.05) is 16.6 Å². The minimum absolute atomic E-state index is 0.140. The fourth-order valence-electron chi connectivity index (χ4n) is 2.78. The van der Waals surface area contributed by atoms with Crippen LogP contribution in [-0.4, -0.2) is 38.1 Å². The number of ether oxygens (including phenoxy) is 1. The highest BCUT2D eigenvalue weighted by Crippen LogP contribution is 2.32. The number of carbonyl (C=O) groups excluding carboxylic acids is 2. The van der Waals surface area contributed by atoms with Crippen LogP contribution >= 0.6 is 11.3 Å². The number of fused-ring (bicyclic) bond motifs is 1. The summed E-state index contributed by atoms with van der Waals surface area (Å²) in [4.78, 5) is 28.4. The summed E-state index contributed by atoms with van der Waals surface area (Å²) in [6, 6.07) is 10.1. The second kappa shape index (κ2) is 9.31. The van der Waals surface area contributed by atoms with Crippen molar-refractivity contribution in [3.05, 3.63) is 48.0 Å². The van der Waals surface area contributed by atoms with Crippen LogP contribution < -0.4 is 15.4 Å². The first-order valence-electron chi connectivity index (χ1n) is 9.43. The largest absolute Gasteiger partial charge is 0.464 e. The monoisotopic (exact) mass is 462 g/mol. The molecule has 0 aliphatic rings. The molecule has 0 radical (unpaired) electrons. The van der Waals surface area contributed by atoms with Gasteiger partial charge in [0, 0.05) is 5.69 Å². The molecule has 0 bridgehead atoms. The number of sulfonamides is 1. The third-order valence-corrected chi connectivity index (χ3v) is 6.61. The number of aromatic nitrogens is 1. The van der Waals surface area contributed by atoms with E-state index >= 15 is 0 Å². The lowest BCUT2D eigenvalue weighted by atomic mass is 10.2. The summed E-state index contributed by atoms with van der Waals surface area (Å²) < 4.78 is 33.1. The van der Waals surface area contributed by atoms with Gasteiger partial charge >= 0.3 is 12.0 Å². The SMILES string of the molecule is CCOC(=O)C(C)NC(=O)Nc1cc(C)c2nc(NS(=O)(=O)c3ccccc3)sc2c1. The van der Waals surface area contributed by atoms with E-state index in [9.17, 15) is 18.0 Å². The van der Waals surface area contributed by atoms with Gasteiger partial charge in [0.15, 0.2) is 5.13 Å². The molecule has 1 heterocycles. The van der Waals surface area contributed by atoms with Gasteiger partial charge in [-0.1, -0.05) is 29.5 Å². The zero-order chi connectivity index (χ0) is 22.6. The standard InChI is InChI=1S/C20H22N4O5S2/c1-4-29-18(25)13(3)21-19(26)22-14-10-12(2)17-16(11-14)30-20(23-17)24-31(27,28)15-8-6-5-7-9-15/h5-11,13H,4H2,1-3H3,(H,23,24)(H2,21,22,26). The van der Waals surface area contributed by atoms with Gasteiger partial charge < -0.3 is 15.4 Å². The van der Waals surface area contributed by atoms with Gasteiger partial charge in [0.2, 0.25) is 0 Å². The minimum Gasteiger partial charge on any atom is -0.464 e. The number of rotatable bonds is 7. The summed E-state index contributed by atoms with van der Waals surface area (Å²) >= 11 is 1.15. The van der Waals surface area contributed by atoms with E-state index < -0.39 is 28.1 Å². The Labute approximate surface area is 183 Å². The van der Waals surface area contributed by atoms with Crippen LogP contribution in [0.4, 0.5) is 15.6 Å². The molecule has 11 heteroatoms. The maximum Gasteiger partial charge on any atom is 0.328 e. The molecule has 164 valence electrons.